The lowest BCUT2D eigenvalue weighted by Gasteiger charge is -2.33. The minimum absolute atomic E-state index is 0.151. The standard InChI is InChI=1S/C13H26N2OS/c1-3-9-17-10-7-11-6-5-8-13(11,12(14)16)15-4-2/h11,15H,3-10H2,1-2H3,(H2,14,16). The van der Waals surface area contributed by atoms with E-state index in [0.29, 0.717) is 5.92 Å². The molecule has 1 amide bonds. The molecule has 0 bridgehead atoms. The second-order valence-electron chi connectivity index (χ2n) is 4.86. The fourth-order valence-corrected chi connectivity index (χ4v) is 3.84. The van der Waals surface area contributed by atoms with E-state index < -0.39 is 5.54 Å². The van der Waals surface area contributed by atoms with Crippen molar-refractivity contribution >= 4 is 17.7 Å². The van der Waals surface area contributed by atoms with E-state index in [1.165, 1.54) is 12.2 Å². The lowest BCUT2D eigenvalue weighted by atomic mass is 9.84. The first-order valence-corrected chi connectivity index (χ1v) is 7.95. The van der Waals surface area contributed by atoms with Crippen molar-refractivity contribution in [1.82, 2.24) is 5.32 Å². The van der Waals surface area contributed by atoms with E-state index in [0.717, 1.165) is 38.0 Å². The Balaban J connectivity index is 2.53. The molecule has 2 atom stereocenters. The summed E-state index contributed by atoms with van der Waals surface area (Å²) in [6.45, 7) is 5.07. The smallest absolute Gasteiger partial charge is 0.238 e. The summed E-state index contributed by atoms with van der Waals surface area (Å²) in [4.78, 5) is 11.8. The summed E-state index contributed by atoms with van der Waals surface area (Å²) in [6, 6.07) is 0. The molecule has 3 nitrogen and oxygen atoms in total. The van der Waals surface area contributed by atoms with Gasteiger partial charge in [0.1, 0.15) is 5.54 Å². The van der Waals surface area contributed by atoms with Crippen LogP contribution in [0.5, 0.6) is 0 Å². The highest BCUT2D eigenvalue weighted by atomic mass is 32.2. The van der Waals surface area contributed by atoms with Crippen molar-refractivity contribution in [2.45, 2.75) is 51.5 Å². The Bertz CT molecular complexity index is 248. The molecule has 1 aliphatic rings. The van der Waals surface area contributed by atoms with Gasteiger partial charge in [-0.2, -0.15) is 11.8 Å². The van der Waals surface area contributed by atoms with Gasteiger partial charge in [0, 0.05) is 0 Å². The van der Waals surface area contributed by atoms with Crippen LogP contribution in [0.1, 0.15) is 46.0 Å². The maximum atomic E-state index is 11.8. The predicted octanol–water partition coefficient (Wildman–Crippen LogP) is 2.15. The van der Waals surface area contributed by atoms with E-state index in [2.05, 4.69) is 12.2 Å². The van der Waals surface area contributed by atoms with Gasteiger partial charge in [-0.1, -0.05) is 20.3 Å². The van der Waals surface area contributed by atoms with E-state index in [1.807, 2.05) is 18.7 Å². The summed E-state index contributed by atoms with van der Waals surface area (Å²) in [7, 11) is 0. The molecule has 0 saturated heterocycles. The Morgan fingerprint density at radius 2 is 2.24 bits per heavy atom. The monoisotopic (exact) mass is 258 g/mol. The second kappa shape index (κ2) is 7.27. The number of nitrogens with two attached hydrogens (primary N) is 1. The number of nitrogens with one attached hydrogen (secondary N) is 1. The molecule has 17 heavy (non-hydrogen) atoms. The molecule has 2 unspecified atom stereocenters. The second-order valence-corrected chi connectivity index (χ2v) is 6.08. The number of likely N-dealkylation sites (N-methyl/N-ethyl adjacent to an activating group) is 1. The average molecular weight is 258 g/mol. The Morgan fingerprint density at radius 3 is 2.82 bits per heavy atom. The number of thioether (sulfide) groups is 1. The van der Waals surface area contributed by atoms with Crippen molar-refractivity contribution in [3.05, 3.63) is 0 Å². The van der Waals surface area contributed by atoms with Crippen molar-refractivity contribution in [2.24, 2.45) is 11.7 Å². The summed E-state index contributed by atoms with van der Waals surface area (Å²) in [5.74, 6) is 2.66. The zero-order chi connectivity index (χ0) is 12.7. The van der Waals surface area contributed by atoms with Gasteiger partial charge in [-0.25, -0.2) is 0 Å². The van der Waals surface area contributed by atoms with Crippen LogP contribution in [0.15, 0.2) is 0 Å². The number of rotatable bonds is 8. The van der Waals surface area contributed by atoms with E-state index in [1.54, 1.807) is 0 Å². The molecule has 0 aromatic heterocycles. The number of hydrogen-bond donors (Lipinski definition) is 2. The highest BCUT2D eigenvalue weighted by Gasteiger charge is 2.46. The summed E-state index contributed by atoms with van der Waals surface area (Å²) in [5.41, 5.74) is 5.22. The minimum Gasteiger partial charge on any atom is -0.368 e. The third kappa shape index (κ3) is 3.62. The fourth-order valence-electron chi connectivity index (χ4n) is 2.90. The van der Waals surface area contributed by atoms with E-state index in [9.17, 15) is 4.79 Å². The zero-order valence-electron chi connectivity index (χ0n) is 11.1. The van der Waals surface area contributed by atoms with Crippen LogP contribution in [0.25, 0.3) is 0 Å². The Kier molecular flexibility index (Phi) is 6.34. The normalized spacial score (nSPS) is 28.5. The van der Waals surface area contributed by atoms with E-state index in [4.69, 9.17) is 5.73 Å². The first kappa shape index (κ1) is 14.8. The van der Waals surface area contributed by atoms with Gasteiger partial charge in [-0.05, 0) is 49.7 Å². The van der Waals surface area contributed by atoms with Crippen LogP contribution >= 0.6 is 11.8 Å². The quantitative estimate of drug-likeness (QED) is 0.656. The van der Waals surface area contributed by atoms with Crippen molar-refractivity contribution in [1.29, 1.82) is 0 Å². The molecule has 1 aliphatic carbocycles. The number of carbonyl (C=O) groups excluding carboxylic acids is 1. The first-order chi connectivity index (χ1) is 8.17. The van der Waals surface area contributed by atoms with Gasteiger partial charge in [0.15, 0.2) is 0 Å². The molecule has 0 aromatic carbocycles. The Hall–Kier alpha value is -0.220. The highest BCUT2D eigenvalue weighted by molar-refractivity contribution is 7.99. The van der Waals surface area contributed by atoms with Gasteiger partial charge in [-0.3, -0.25) is 4.79 Å². The summed E-state index contributed by atoms with van der Waals surface area (Å²) < 4.78 is 0. The molecule has 0 aliphatic heterocycles. The highest BCUT2D eigenvalue weighted by Crippen LogP contribution is 2.38. The van der Waals surface area contributed by atoms with Crippen molar-refractivity contribution < 1.29 is 4.79 Å². The van der Waals surface area contributed by atoms with Gasteiger partial charge in [0.2, 0.25) is 5.91 Å². The Morgan fingerprint density at radius 1 is 1.47 bits per heavy atom. The third-order valence-electron chi connectivity index (χ3n) is 3.71. The number of primary amides is 1. The predicted molar refractivity (Wildman–Crippen MR) is 75.2 cm³/mol. The van der Waals surface area contributed by atoms with Gasteiger partial charge in [-0.15, -0.1) is 0 Å². The van der Waals surface area contributed by atoms with Crippen LogP contribution < -0.4 is 11.1 Å². The molecule has 3 N–H and O–H groups in total. The molecule has 1 fully saturated rings. The van der Waals surface area contributed by atoms with Gasteiger partial charge < -0.3 is 11.1 Å². The van der Waals surface area contributed by atoms with Crippen LogP contribution in [-0.2, 0) is 4.79 Å². The zero-order valence-corrected chi connectivity index (χ0v) is 11.9. The van der Waals surface area contributed by atoms with Gasteiger partial charge in [0.05, 0.1) is 0 Å². The average Bonchev–Trinajstić information content (AvgIpc) is 2.70. The molecule has 4 heteroatoms. The van der Waals surface area contributed by atoms with Crippen LogP contribution in [-0.4, -0.2) is 29.5 Å². The van der Waals surface area contributed by atoms with Gasteiger partial charge in [0.25, 0.3) is 0 Å². The van der Waals surface area contributed by atoms with E-state index >= 15 is 0 Å². The maximum absolute atomic E-state index is 11.8. The SMILES string of the molecule is CCCSCCC1CCCC1(NCC)C(N)=O. The minimum atomic E-state index is -0.415. The lowest BCUT2D eigenvalue weighted by molar-refractivity contribution is -0.125. The van der Waals surface area contributed by atoms with Crippen LogP contribution in [0.4, 0.5) is 0 Å². The molecule has 100 valence electrons. The van der Waals surface area contributed by atoms with Crippen LogP contribution in [0.2, 0.25) is 0 Å². The first-order valence-electron chi connectivity index (χ1n) is 6.80. The number of amides is 1. The Labute approximate surface area is 109 Å². The molecular formula is C13H26N2OS. The van der Waals surface area contributed by atoms with E-state index in [-0.39, 0.29) is 5.91 Å². The molecule has 1 saturated carbocycles. The molecule has 1 rings (SSSR count). The summed E-state index contributed by atoms with van der Waals surface area (Å²) in [5, 5.41) is 3.36. The molecule has 0 heterocycles. The topological polar surface area (TPSA) is 55.1 Å². The maximum Gasteiger partial charge on any atom is 0.238 e. The van der Waals surface area contributed by atoms with Crippen molar-refractivity contribution in [3.63, 3.8) is 0 Å². The summed E-state index contributed by atoms with van der Waals surface area (Å²) >= 11 is 1.99. The lowest BCUT2D eigenvalue weighted by Crippen LogP contribution is -2.57. The third-order valence-corrected chi connectivity index (χ3v) is 4.93. The fraction of sp³-hybridized carbons (Fsp3) is 0.923. The number of carbonyl (C=O) groups is 1. The number of hydrogen-bond acceptors (Lipinski definition) is 3. The van der Waals surface area contributed by atoms with Crippen LogP contribution in [0.3, 0.4) is 0 Å². The van der Waals surface area contributed by atoms with Gasteiger partial charge >= 0.3 is 0 Å². The molecule has 0 radical (unpaired) electrons. The molecular weight excluding hydrogens is 232 g/mol. The largest absolute Gasteiger partial charge is 0.368 e. The molecule has 0 aromatic rings. The molecule has 0 spiro atoms. The van der Waals surface area contributed by atoms with Crippen molar-refractivity contribution in [3.8, 4) is 0 Å². The summed E-state index contributed by atoms with van der Waals surface area (Å²) in [6.07, 6.45) is 5.52. The van der Waals surface area contributed by atoms with Crippen LogP contribution in [0, 0.1) is 5.92 Å². The van der Waals surface area contributed by atoms with Crippen molar-refractivity contribution in [2.75, 3.05) is 18.1 Å².